The Kier molecular flexibility index (Phi) is 8.08. The summed E-state index contributed by atoms with van der Waals surface area (Å²) in [5.41, 5.74) is 5.57. The van der Waals surface area contributed by atoms with Crippen LogP contribution >= 0.6 is 0 Å². The monoisotopic (exact) mass is 203 g/mol. The molecule has 1 unspecified atom stereocenters. The molecule has 0 rings (SSSR count). The van der Waals surface area contributed by atoms with Crippen molar-refractivity contribution in [1.82, 2.24) is 9.80 Å². The van der Waals surface area contributed by atoms with Crippen LogP contribution in [-0.2, 0) is 0 Å². The van der Waals surface area contributed by atoms with Crippen LogP contribution in [0.4, 0.5) is 0 Å². The van der Waals surface area contributed by atoms with Gasteiger partial charge in [0.2, 0.25) is 0 Å². The van der Waals surface area contributed by atoms with E-state index in [0.717, 1.165) is 25.9 Å². The van der Waals surface area contributed by atoms with Crippen molar-refractivity contribution >= 4 is 0 Å². The van der Waals surface area contributed by atoms with E-state index >= 15 is 0 Å². The number of rotatable bonds is 8. The predicted octanol–water partition coefficient (Wildman–Crippen LogP) is -0.0728. The molecule has 0 aromatic heterocycles. The summed E-state index contributed by atoms with van der Waals surface area (Å²) in [5.74, 6) is 0. The van der Waals surface area contributed by atoms with Crippen LogP contribution in [0.1, 0.15) is 19.8 Å². The number of nitrogens with zero attached hydrogens (tertiary/aromatic N) is 2. The lowest BCUT2D eigenvalue weighted by atomic mass is 10.2. The van der Waals surface area contributed by atoms with Gasteiger partial charge in [0.25, 0.3) is 0 Å². The summed E-state index contributed by atoms with van der Waals surface area (Å²) in [7, 11) is 4.16. The molecule has 0 radical (unpaired) electrons. The van der Waals surface area contributed by atoms with Crippen molar-refractivity contribution < 1.29 is 5.11 Å². The number of hydrogen-bond acceptors (Lipinski definition) is 4. The second kappa shape index (κ2) is 8.17. The normalized spacial score (nSPS) is 13.9. The van der Waals surface area contributed by atoms with Crippen molar-refractivity contribution in [2.45, 2.75) is 25.9 Å². The van der Waals surface area contributed by atoms with Gasteiger partial charge in [-0.25, -0.2) is 0 Å². The molecule has 0 heterocycles. The smallest absolute Gasteiger partial charge is 0.0615 e. The Bertz CT molecular complexity index is 131. The second-order valence-electron chi connectivity index (χ2n) is 3.75. The number of nitrogens with two attached hydrogens (primary N) is 1. The maximum absolute atomic E-state index is 8.80. The van der Waals surface area contributed by atoms with E-state index in [4.69, 9.17) is 10.8 Å². The Labute approximate surface area is 87.7 Å². The zero-order chi connectivity index (χ0) is 11.0. The van der Waals surface area contributed by atoms with Gasteiger partial charge in [-0.3, -0.25) is 9.80 Å². The molecule has 86 valence electrons. The molecule has 3 N–H and O–H groups in total. The molecule has 4 heteroatoms. The fourth-order valence-corrected chi connectivity index (χ4v) is 1.80. The minimum absolute atomic E-state index is 0.255. The van der Waals surface area contributed by atoms with Crippen molar-refractivity contribution in [2.24, 2.45) is 5.73 Å². The van der Waals surface area contributed by atoms with Gasteiger partial charge in [0.1, 0.15) is 0 Å². The Hall–Kier alpha value is -0.160. The van der Waals surface area contributed by atoms with Crippen LogP contribution in [0, 0.1) is 0 Å². The van der Waals surface area contributed by atoms with Crippen LogP contribution in [-0.4, -0.2) is 61.4 Å². The average Bonchev–Trinajstić information content (AvgIpc) is 2.14. The molecular weight excluding hydrogens is 178 g/mol. The molecule has 0 aliphatic heterocycles. The van der Waals surface area contributed by atoms with E-state index < -0.39 is 0 Å². The molecule has 0 fully saturated rings. The van der Waals surface area contributed by atoms with Gasteiger partial charge in [-0.15, -0.1) is 0 Å². The highest BCUT2D eigenvalue weighted by Crippen LogP contribution is 2.06. The van der Waals surface area contributed by atoms with E-state index in [1.165, 1.54) is 0 Å². The Morgan fingerprint density at radius 3 is 2.29 bits per heavy atom. The van der Waals surface area contributed by atoms with Gasteiger partial charge in [-0.05, 0) is 26.9 Å². The van der Waals surface area contributed by atoms with Gasteiger partial charge in [0.15, 0.2) is 0 Å². The first-order chi connectivity index (χ1) is 6.67. The lowest BCUT2D eigenvalue weighted by Gasteiger charge is -2.35. The minimum atomic E-state index is 0.255. The summed E-state index contributed by atoms with van der Waals surface area (Å²) in [6, 6.07) is 0. The predicted molar refractivity (Wildman–Crippen MR) is 60.1 cm³/mol. The highest BCUT2D eigenvalue weighted by Gasteiger charge is 2.16. The van der Waals surface area contributed by atoms with E-state index in [0.29, 0.717) is 12.7 Å². The van der Waals surface area contributed by atoms with Crippen LogP contribution in [0.25, 0.3) is 0 Å². The highest BCUT2D eigenvalue weighted by molar-refractivity contribution is 4.68. The number of aliphatic hydroxyl groups is 1. The molecule has 0 spiro atoms. The zero-order valence-electron chi connectivity index (χ0n) is 9.74. The third-order valence-electron chi connectivity index (χ3n) is 2.40. The Balaban J connectivity index is 4.12. The van der Waals surface area contributed by atoms with Gasteiger partial charge in [0, 0.05) is 26.2 Å². The first-order valence-corrected chi connectivity index (χ1v) is 5.38. The summed E-state index contributed by atoms with van der Waals surface area (Å²) in [4.78, 5) is 4.53. The van der Waals surface area contributed by atoms with E-state index in [2.05, 4.69) is 30.8 Å². The summed E-state index contributed by atoms with van der Waals surface area (Å²) in [5, 5.41) is 8.80. The van der Waals surface area contributed by atoms with Crippen molar-refractivity contribution in [3.63, 3.8) is 0 Å². The fraction of sp³-hybridized carbons (Fsp3) is 1.00. The summed E-state index contributed by atoms with van der Waals surface area (Å²) < 4.78 is 0. The maximum atomic E-state index is 8.80. The second-order valence-corrected chi connectivity index (χ2v) is 3.75. The zero-order valence-corrected chi connectivity index (χ0v) is 9.74. The SMILES string of the molecule is CCC(N(C)C)N(CCN)CCCO. The Morgan fingerprint density at radius 2 is 1.93 bits per heavy atom. The third-order valence-corrected chi connectivity index (χ3v) is 2.40. The van der Waals surface area contributed by atoms with E-state index in [1.807, 2.05) is 0 Å². The fourth-order valence-electron chi connectivity index (χ4n) is 1.80. The van der Waals surface area contributed by atoms with Crippen LogP contribution < -0.4 is 5.73 Å². The molecule has 14 heavy (non-hydrogen) atoms. The molecular formula is C10H25N3O. The quantitative estimate of drug-likeness (QED) is 0.542. The van der Waals surface area contributed by atoms with Crippen LogP contribution in [0.3, 0.4) is 0 Å². The molecule has 0 aromatic rings. The maximum Gasteiger partial charge on any atom is 0.0615 e. The van der Waals surface area contributed by atoms with Crippen LogP contribution in [0.2, 0.25) is 0 Å². The summed E-state index contributed by atoms with van der Waals surface area (Å²) >= 11 is 0. The molecule has 4 nitrogen and oxygen atoms in total. The summed E-state index contributed by atoms with van der Waals surface area (Å²) in [6.07, 6.45) is 2.34. The molecule has 0 saturated heterocycles. The molecule has 0 amide bonds. The van der Waals surface area contributed by atoms with Gasteiger partial charge >= 0.3 is 0 Å². The van der Waals surface area contributed by atoms with Crippen LogP contribution in [0.15, 0.2) is 0 Å². The van der Waals surface area contributed by atoms with Crippen molar-refractivity contribution in [3.8, 4) is 0 Å². The molecule has 0 bridgehead atoms. The lowest BCUT2D eigenvalue weighted by Crippen LogP contribution is -2.47. The summed E-state index contributed by atoms with van der Waals surface area (Å²) in [6.45, 7) is 4.93. The average molecular weight is 203 g/mol. The van der Waals surface area contributed by atoms with E-state index in [-0.39, 0.29) is 6.61 Å². The standard InChI is InChI=1S/C10H25N3O/c1-4-10(12(2)3)13(8-6-11)7-5-9-14/h10,14H,4-9,11H2,1-3H3. The molecule has 0 aromatic carbocycles. The van der Waals surface area contributed by atoms with Crippen molar-refractivity contribution in [2.75, 3.05) is 40.3 Å². The Morgan fingerprint density at radius 1 is 1.29 bits per heavy atom. The van der Waals surface area contributed by atoms with Gasteiger partial charge < -0.3 is 10.8 Å². The highest BCUT2D eigenvalue weighted by atomic mass is 16.3. The number of hydrogen-bond donors (Lipinski definition) is 2. The van der Waals surface area contributed by atoms with Gasteiger partial charge in [0.05, 0.1) is 6.17 Å². The lowest BCUT2D eigenvalue weighted by molar-refractivity contribution is 0.0720. The van der Waals surface area contributed by atoms with Gasteiger partial charge in [-0.1, -0.05) is 6.92 Å². The number of aliphatic hydroxyl groups excluding tert-OH is 1. The van der Waals surface area contributed by atoms with Gasteiger partial charge in [-0.2, -0.15) is 0 Å². The van der Waals surface area contributed by atoms with Crippen LogP contribution in [0.5, 0.6) is 0 Å². The topological polar surface area (TPSA) is 52.7 Å². The third kappa shape index (κ3) is 4.91. The van der Waals surface area contributed by atoms with E-state index in [1.54, 1.807) is 0 Å². The molecule has 0 saturated carbocycles. The largest absolute Gasteiger partial charge is 0.396 e. The molecule has 0 aliphatic rings. The molecule has 1 atom stereocenters. The molecule has 0 aliphatic carbocycles. The first-order valence-electron chi connectivity index (χ1n) is 5.38. The van der Waals surface area contributed by atoms with E-state index in [9.17, 15) is 0 Å². The minimum Gasteiger partial charge on any atom is -0.396 e. The van der Waals surface area contributed by atoms with Crippen molar-refractivity contribution in [1.29, 1.82) is 0 Å². The first kappa shape index (κ1) is 13.8. The van der Waals surface area contributed by atoms with Crippen molar-refractivity contribution in [3.05, 3.63) is 0 Å².